The number of thioether (sulfide) groups is 1. The van der Waals surface area contributed by atoms with E-state index in [2.05, 4.69) is 63.4 Å². The van der Waals surface area contributed by atoms with E-state index < -0.39 is 0 Å². The second kappa shape index (κ2) is 10.6. The number of benzene rings is 3. The molecule has 0 radical (unpaired) electrons. The van der Waals surface area contributed by atoms with Crippen molar-refractivity contribution >= 4 is 28.7 Å². The first-order valence-corrected chi connectivity index (χ1v) is 13.7. The SMILES string of the molecule is O=C(N[C@@H]1CCCc2ccccc21)c1ccc(Cn2c(SCc3ccccc3)nc3ccncc32)cc1. The van der Waals surface area contributed by atoms with Crippen LogP contribution in [0.4, 0.5) is 0 Å². The molecule has 0 bridgehead atoms. The number of amides is 1. The monoisotopic (exact) mass is 504 g/mol. The third kappa shape index (κ3) is 5.16. The Hall–Kier alpha value is -3.90. The number of imidazole rings is 1. The Bertz CT molecular complexity index is 1530. The number of fused-ring (bicyclic) bond motifs is 2. The van der Waals surface area contributed by atoms with Crippen molar-refractivity contribution in [2.45, 2.75) is 42.8 Å². The van der Waals surface area contributed by atoms with Gasteiger partial charge < -0.3 is 9.88 Å². The van der Waals surface area contributed by atoms with Gasteiger partial charge in [-0.2, -0.15) is 0 Å². The Balaban J connectivity index is 1.19. The molecule has 6 heteroatoms. The van der Waals surface area contributed by atoms with Gasteiger partial charge in [0, 0.05) is 17.5 Å². The molecule has 1 aliphatic carbocycles. The number of pyridine rings is 1. The summed E-state index contributed by atoms with van der Waals surface area (Å²) in [5.74, 6) is 0.825. The number of carbonyl (C=O) groups is 1. The zero-order valence-corrected chi connectivity index (χ0v) is 21.3. The molecule has 5 nitrogen and oxygen atoms in total. The molecule has 3 aromatic carbocycles. The largest absolute Gasteiger partial charge is 0.345 e. The summed E-state index contributed by atoms with van der Waals surface area (Å²) in [4.78, 5) is 22.3. The van der Waals surface area contributed by atoms with Gasteiger partial charge in [-0.1, -0.05) is 78.5 Å². The highest BCUT2D eigenvalue weighted by atomic mass is 32.2. The standard InChI is InChI=1S/C31H28N4OS/c36-30(33-27-12-6-10-24-9-4-5-11-26(24)27)25-15-13-22(14-16-25)20-35-29-19-32-18-17-28(29)34-31(35)37-21-23-7-2-1-3-8-23/h1-5,7-9,11,13-19,27H,6,10,12,20-21H2,(H,33,36)/t27-/m1/s1. The minimum Gasteiger partial charge on any atom is -0.345 e. The number of nitrogens with one attached hydrogen (secondary N) is 1. The lowest BCUT2D eigenvalue weighted by molar-refractivity contribution is 0.0932. The van der Waals surface area contributed by atoms with E-state index in [0.717, 1.165) is 46.8 Å². The summed E-state index contributed by atoms with van der Waals surface area (Å²) in [5, 5.41) is 4.22. The molecule has 0 saturated carbocycles. The first-order chi connectivity index (χ1) is 18.2. The first kappa shape index (κ1) is 23.5. The van der Waals surface area contributed by atoms with Gasteiger partial charge >= 0.3 is 0 Å². The third-order valence-electron chi connectivity index (χ3n) is 6.96. The maximum Gasteiger partial charge on any atom is 0.251 e. The van der Waals surface area contributed by atoms with Crippen LogP contribution in [-0.4, -0.2) is 20.4 Å². The molecule has 0 aliphatic heterocycles. The van der Waals surface area contributed by atoms with Gasteiger partial charge in [-0.25, -0.2) is 4.98 Å². The van der Waals surface area contributed by atoms with Crippen LogP contribution in [0.15, 0.2) is 102 Å². The molecule has 1 N–H and O–H groups in total. The normalized spacial score (nSPS) is 14.9. The second-order valence-electron chi connectivity index (χ2n) is 9.43. The van der Waals surface area contributed by atoms with Gasteiger partial charge in [0.15, 0.2) is 5.16 Å². The molecule has 0 saturated heterocycles. The quantitative estimate of drug-likeness (QED) is 0.254. The van der Waals surface area contributed by atoms with Crippen LogP contribution in [0.1, 0.15) is 51.5 Å². The van der Waals surface area contributed by atoms with E-state index in [4.69, 9.17) is 4.98 Å². The maximum atomic E-state index is 13.1. The summed E-state index contributed by atoms with van der Waals surface area (Å²) < 4.78 is 2.21. The molecular weight excluding hydrogens is 476 g/mol. The van der Waals surface area contributed by atoms with Crippen molar-refractivity contribution in [3.05, 3.63) is 125 Å². The molecule has 37 heavy (non-hydrogen) atoms. The van der Waals surface area contributed by atoms with Gasteiger partial charge in [0.05, 0.1) is 29.8 Å². The fourth-order valence-corrected chi connectivity index (χ4v) is 5.99. The van der Waals surface area contributed by atoms with Crippen molar-refractivity contribution in [3.8, 4) is 0 Å². The molecule has 2 heterocycles. The lowest BCUT2D eigenvalue weighted by Crippen LogP contribution is -2.30. The first-order valence-electron chi connectivity index (χ1n) is 12.7. The molecule has 184 valence electrons. The summed E-state index contributed by atoms with van der Waals surface area (Å²) in [7, 11) is 0. The smallest absolute Gasteiger partial charge is 0.251 e. The highest BCUT2D eigenvalue weighted by Crippen LogP contribution is 2.30. The van der Waals surface area contributed by atoms with Gasteiger partial charge in [-0.3, -0.25) is 9.78 Å². The topological polar surface area (TPSA) is 59.8 Å². The van der Waals surface area contributed by atoms with Crippen LogP contribution in [0, 0.1) is 0 Å². The van der Waals surface area contributed by atoms with Crippen LogP contribution >= 0.6 is 11.8 Å². The number of aromatic nitrogens is 3. The Kier molecular flexibility index (Phi) is 6.74. The third-order valence-corrected chi connectivity index (χ3v) is 8.01. The molecular formula is C31H28N4OS. The van der Waals surface area contributed by atoms with Crippen LogP contribution in [0.5, 0.6) is 0 Å². The Morgan fingerprint density at radius 1 is 0.946 bits per heavy atom. The summed E-state index contributed by atoms with van der Waals surface area (Å²) >= 11 is 1.73. The zero-order valence-electron chi connectivity index (χ0n) is 20.5. The van der Waals surface area contributed by atoms with Crippen molar-refractivity contribution in [2.24, 2.45) is 0 Å². The van der Waals surface area contributed by atoms with E-state index in [1.165, 1.54) is 16.7 Å². The van der Waals surface area contributed by atoms with Crippen LogP contribution in [0.2, 0.25) is 0 Å². The summed E-state index contributed by atoms with van der Waals surface area (Å²) in [6.07, 6.45) is 6.81. The van der Waals surface area contributed by atoms with Crippen LogP contribution in [-0.2, 0) is 18.7 Å². The molecule has 2 aromatic heterocycles. The van der Waals surface area contributed by atoms with Gasteiger partial charge in [0.2, 0.25) is 0 Å². The number of carbonyl (C=O) groups excluding carboxylic acids is 1. The summed E-state index contributed by atoms with van der Waals surface area (Å²) in [6, 6.07) is 28.8. The van der Waals surface area contributed by atoms with Gasteiger partial charge in [0.25, 0.3) is 5.91 Å². The Morgan fingerprint density at radius 3 is 2.62 bits per heavy atom. The van der Waals surface area contributed by atoms with E-state index in [0.29, 0.717) is 12.1 Å². The number of rotatable bonds is 7. The lowest BCUT2D eigenvalue weighted by atomic mass is 9.87. The average molecular weight is 505 g/mol. The highest BCUT2D eigenvalue weighted by Gasteiger charge is 2.22. The van der Waals surface area contributed by atoms with Gasteiger partial charge in [-0.15, -0.1) is 0 Å². The fraction of sp³-hybridized carbons (Fsp3) is 0.194. The van der Waals surface area contributed by atoms with Gasteiger partial charge in [-0.05, 0) is 59.7 Å². The second-order valence-corrected chi connectivity index (χ2v) is 10.4. The van der Waals surface area contributed by atoms with E-state index in [1.807, 2.05) is 42.6 Å². The minimum absolute atomic E-state index is 0.0235. The lowest BCUT2D eigenvalue weighted by Gasteiger charge is -2.26. The zero-order chi connectivity index (χ0) is 25.0. The van der Waals surface area contributed by atoms with E-state index in [-0.39, 0.29) is 11.9 Å². The number of nitrogens with zero attached hydrogens (tertiary/aromatic N) is 3. The Morgan fingerprint density at radius 2 is 1.76 bits per heavy atom. The van der Waals surface area contributed by atoms with Gasteiger partial charge in [0.1, 0.15) is 0 Å². The van der Waals surface area contributed by atoms with Crippen molar-refractivity contribution in [1.29, 1.82) is 0 Å². The molecule has 6 rings (SSSR count). The fourth-order valence-electron chi connectivity index (χ4n) is 5.02. The van der Waals surface area contributed by atoms with Crippen molar-refractivity contribution in [3.63, 3.8) is 0 Å². The molecule has 0 unspecified atom stereocenters. The molecule has 0 spiro atoms. The van der Waals surface area contributed by atoms with E-state index in [9.17, 15) is 4.79 Å². The van der Waals surface area contributed by atoms with Crippen molar-refractivity contribution in [2.75, 3.05) is 0 Å². The Labute approximate surface area is 221 Å². The summed E-state index contributed by atoms with van der Waals surface area (Å²) in [5.41, 5.74) is 7.61. The van der Waals surface area contributed by atoms with E-state index in [1.54, 1.807) is 18.0 Å². The van der Waals surface area contributed by atoms with E-state index >= 15 is 0 Å². The molecule has 0 fully saturated rings. The van der Waals surface area contributed by atoms with Crippen molar-refractivity contribution < 1.29 is 4.79 Å². The molecule has 1 amide bonds. The minimum atomic E-state index is -0.0235. The summed E-state index contributed by atoms with van der Waals surface area (Å²) in [6.45, 7) is 0.664. The number of aryl methyl sites for hydroxylation is 1. The average Bonchev–Trinajstić information content (AvgIpc) is 3.30. The number of hydrogen-bond acceptors (Lipinski definition) is 4. The number of hydrogen-bond donors (Lipinski definition) is 1. The predicted molar refractivity (Wildman–Crippen MR) is 149 cm³/mol. The van der Waals surface area contributed by atoms with Crippen LogP contribution in [0.25, 0.3) is 11.0 Å². The molecule has 1 aliphatic rings. The molecule has 1 atom stereocenters. The van der Waals surface area contributed by atoms with Crippen LogP contribution < -0.4 is 5.32 Å². The highest BCUT2D eigenvalue weighted by molar-refractivity contribution is 7.98. The maximum absolute atomic E-state index is 13.1. The van der Waals surface area contributed by atoms with Crippen molar-refractivity contribution in [1.82, 2.24) is 19.9 Å². The van der Waals surface area contributed by atoms with Crippen LogP contribution in [0.3, 0.4) is 0 Å². The predicted octanol–water partition coefficient (Wildman–Crippen LogP) is 6.58. The molecule has 5 aromatic rings.